The third-order valence-corrected chi connectivity index (χ3v) is 7.42. The molecule has 2 aromatic heterocycles. The molecule has 2 saturated heterocycles. The molecular formula is C25H29ClN8O3. The van der Waals surface area contributed by atoms with Gasteiger partial charge < -0.3 is 24.9 Å². The minimum atomic E-state index is -0.117. The molecule has 0 bridgehead atoms. The average Bonchev–Trinajstić information content (AvgIpc) is 3.52. The molecule has 3 aliphatic heterocycles. The summed E-state index contributed by atoms with van der Waals surface area (Å²) in [6.07, 6.45) is 5.42. The number of H-pyrrole nitrogens is 1. The van der Waals surface area contributed by atoms with Crippen LogP contribution in [0.15, 0.2) is 33.5 Å². The largest absolute Gasteiger partial charge is 0.420 e. The molecule has 194 valence electrons. The number of benzene rings is 1. The van der Waals surface area contributed by atoms with E-state index in [2.05, 4.69) is 30.7 Å². The van der Waals surface area contributed by atoms with Crippen LogP contribution in [0.25, 0.3) is 17.5 Å². The molecule has 3 aromatic rings. The number of piperazine rings is 1. The minimum Gasteiger partial charge on any atom is -0.420 e. The number of aromatic amines is 1. The lowest BCUT2D eigenvalue weighted by Gasteiger charge is -2.32. The number of hydrogen-bond donors (Lipinski definition) is 3. The van der Waals surface area contributed by atoms with E-state index in [-0.39, 0.29) is 30.0 Å². The Morgan fingerprint density at radius 2 is 1.92 bits per heavy atom. The number of aromatic nitrogens is 4. The summed E-state index contributed by atoms with van der Waals surface area (Å²) in [5, 5.41) is 15.4. The zero-order valence-electron chi connectivity index (χ0n) is 20.4. The summed E-state index contributed by atoms with van der Waals surface area (Å²) in [4.78, 5) is 32.5. The lowest BCUT2D eigenvalue weighted by atomic mass is 10.0. The maximum absolute atomic E-state index is 13.0. The fourth-order valence-corrected chi connectivity index (χ4v) is 5.54. The van der Waals surface area contributed by atoms with Crippen molar-refractivity contribution in [1.82, 2.24) is 30.0 Å². The van der Waals surface area contributed by atoms with Crippen molar-refractivity contribution in [2.45, 2.75) is 25.3 Å². The highest BCUT2D eigenvalue weighted by Crippen LogP contribution is 2.30. The van der Waals surface area contributed by atoms with E-state index in [0.29, 0.717) is 43.4 Å². The molecule has 0 unspecified atom stereocenters. The topological polar surface area (TPSA) is 124 Å². The Balaban J connectivity index is 1.09. The first-order chi connectivity index (χ1) is 18.0. The highest BCUT2D eigenvalue weighted by atomic mass is 35.5. The predicted octanol–water partition coefficient (Wildman–Crippen LogP) is 2.13. The molecule has 11 nitrogen and oxygen atoms in total. The molecule has 1 amide bonds. The number of rotatable bonds is 5. The second-order valence-corrected chi connectivity index (χ2v) is 10.0. The van der Waals surface area contributed by atoms with Gasteiger partial charge in [-0.3, -0.25) is 14.3 Å². The van der Waals surface area contributed by atoms with Crippen molar-refractivity contribution < 1.29 is 9.21 Å². The Hall–Kier alpha value is -3.57. The first-order valence-electron chi connectivity index (χ1n) is 12.7. The van der Waals surface area contributed by atoms with Crippen LogP contribution >= 0.6 is 11.6 Å². The van der Waals surface area contributed by atoms with Gasteiger partial charge in [0.25, 0.3) is 0 Å². The molecule has 3 aliphatic rings. The van der Waals surface area contributed by atoms with Crippen molar-refractivity contribution in [3.63, 3.8) is 0 Å². The number of carbonyl (C=O) groups is 1. The van der Waals surface area contributed by atoms with E-state index in [9.17, 15) is 9.59 Å². The molecule has 5 heterocycles. The van der Waals surface area contributed by atoms with Crippen LogP contribution in [-0.2, 0) is 11.2 Å². The van der Waals surface area contributed by atoms with Gasteiger partial charge in [-0.25, -0.2) is 4.79 Å². The number of imidazole rings is 1. The first kappa shape index (κ1) is 23.8. The van der Waals surface area contributed by atoms with Gasteiger partial charge in [0.2, 0.25) is 17.7 Å². The summed E-state index contributed by atoms with van der Waals surface area (Å²) in [6, 6.07) is 5.77. The van der Waals surface area contributed by atoms with Crippen LogP contribution in [-0.4, -0.2) is 76.4 Å². The second-order valence-electron chi connectivity index (χ2n) is 9.57. The number of piperidine rings is 1. The van der Waals surface area contributed by atoms with E-state index >= 15 is 0 Å². The maximum atomic E-state index is 13.0. The summed E-state index contributed by atoms with van der Waals surface area (Å²) >= 11 is 6.39. The Morgan fingerprint density at radius 1 is 1.11 bits per heavy atom. The highest BCUT2D eigenvalue weighted by molar-refractivity contribution is 6.31. The molecular weight excluding hydrogens is 496 g/mol. The van der Waals surface area contributed by atoms with E-state index in [1.165, 1.54) is 0 Å². The Bertz CT molecular complexity index is 1380. The molecule has 0 aliphatic carbocycles. The van der Waals surface area contributed by atoms with E-state index in [1.54, 1.807) is 11.0 Å². The van der Waals surface area contributed by atoms with E-state index in [4.69, 9.17) is 16.0 Å². The van der Waals surface area contributed by atoms with Crippen LogP contribution in [0.4, 0.5) is 11.5 Å². The number of halogens is 1. The smallest absolute Gasteiger partial charge is 0.327 e. The van der Waals surface area contributed by atoms with E-state index in [1.807, 2.05) is 28.9 Å². The Labute approximate surface area is 218 Å². The lowest BCUT2D eigenvalue weighted by Crippen LogP contribution is -2.43. The van der Waals surface area contributed by atoms with Gasteiger partial charge in [0.15, 0.2) is 0 Å². The number of amides is 1. The number of nitrogens with one attached hydrogen (secondary N) is 3. The van der Waals surface area contributed by atoms with Crippen molar-refractivity contribution in [2.75, 3.05) is 56.0 Å². The molecule has 0 saturated carbocycles. The summed E-state index contributed by atoms with van der Waals surface area (Å²) in [5.41, 5.74) is 2.50. The van der Waals surface area contributed by atoms with E-state index in [0.717, 1.165) is 48.9 Å². The Morgan fingerprint density at radius 3 is 2.73 bits per heavy atom. The molecule has 0 radical (unpaired) electrons. The molecule has 0 atom stereocenters. The van der Waals surface area contributed by atoms with Gasteiger partial charge >= 0.3 is 5.69 Å². The normalized spacial score (nSPS) is 18.1. The molecule has 0 spiro atoms. The SMILES string of the molecule is O=C(Cc1nnc(-c2cc(Cl)cc(N3CCNCC3)c2)o1)N1CCC(n2c3c([nH]c2=O)NCC=C3)CC1. The molecule has 1 aromatic carbocycles. The summed E-state index contributed by atoms with van der Waals surface area (Å²) in [5.74, 6) is 1.32. The number of likely N-dealkylation sites (tertiary alicyclic amines) is 1. The van der Waals surface area contributed by atoms with Crippen molar-refractivity contribution >= 4 is 35.1 Å². The number of hydrogen-bond acceptors (Lipinski definition) is 8. The zero-order valence-corrected chi connectivity index (χ0v) is 21.1. The fraction of sp³-hybridized carbons (Fsp3) is 0.440. The van der Waals surface area contributed by atoms with Gasteiger partial charge in [-0.1, -0.05) is 17.7 Å². The highest BCUT2D eigenvalue weighted by Gasteiger charge is 2.28. The fourth-order valence-electron chi connectivity index (χ4n) is 5.31. The zero-order chi connectivity index (χ0) is 25.4. The van der Waals surface area contributed by atoms with Gasteiger partial charge in [-0.05, 0) is 37.1 Å². The van der Waals surface area contributed by atoms with Crippen molar-refractivity contribution in [3.05, 3.63) is 51.4 Å². The average molecular weight is 525 g/mol. The van der Waals surface area contributed by atoms with Crippen LogP contribution < -0.4 is 21.2 Å². The third-order valence-electron chi connectivity index (χ3n) is 7.20. The van der Waals surface area contributed by atoms with Gasteiger partial charge in [-0.2, -0.15) is 0 Å². The van der Waals surface area contributed by atoms with Crippen molar-refractivity contribution in [1.29, 1.82) is 0 Å². The van der Waals surface area contributed by atoms with Gasteiger partial charge in [0.05, 0.1) is 5.69 Å². The van der Waals surface area contributed by atoms with Crippen molar-refractivity contribution in [3.8, 4) is 11.5 Å². The molecule has 3 N–H and O–H groups in total. The van der Waals surface area contributed by atoms with E-state index < -0.39 is 0 Å². The quantitative estimate of drug-likeness (QED) is 0.464. The molecule has 12 heteroatoms. The Kier molecular flexibility index (Phi) is 6.47. The summed E-state index contributed by atoms with van der Waals surface area (Å²) in [7, 11) is 0. The lowest BCUT2D eigenvalue weighted by molar-refractivity contribution is -0.132. The first-order valence-corrected chi connectivity index (χ1v) is 13.0. The second kappa shape index (κ2) is 10.1. The number of anilines is 2. The van der Waals surface area contributed by atoms with Crippen LogP contribution in [0.3, 0.4) is 0 Å². The van der Waals surface area contributed by atoms with Gasteiger partial charge in [-0.15, -0.1) is 10.2 Å². The van der Waals surface area contributed by atoms with Crippen molar-refractivity contribution in [2.24, 2.45) is 0 Å². The number of nitrogens with zero attached hydrogens (tertiary/aromatic N) is 5. The molecule has 2 fully saturated rings. The number of fused-ring (bicyclic) bond motifs is 1. The number of carbonyl (C=O) groups excluding carboxylic acids is 1. The third kappa shape index (κ3) is 4.88. The van der Waals surface area contributed by atoms with Gasteiger partial charge in [0, 0.05) is 68.1 Å². The molecule has 37 heavy (non-hydrogen) atoms. The standard InChI is InChI=1S/C25H29ClN8O3/c26-17-12-16(13-19(14-17)32-10-6-27-7-11-32)24-31-30-21(37-24)15-22(35)33-8-3-18(4-9-33)34-20-2-1-5-28-23(20)29-25(34)36/h1-2,12-14,18,27-28H,3-11,15H2,(H,29,36). The minimum absolute atomic E-state index is 0.0367. The predicted molar refractivity (Wildman–Crippen MR) is 141 cm³/mol. The monoisotopic (exact) mass is 524 g/mol. The van der Waals surface area contributed by atoms with Crippen LogP contribution in [0.2, 0.25) is 5.02 Å². The maximum Gasteiger partial charge on any atom is 0.327 e. The van der Waals surface area contributed by atoms with Crippen LogP contribution in [0.5, 0.6) is 0 Å². The van der Waals surface area contributed by atoms with Gasteiger partial charge in [0.1, 0.15) is 12.2 Å². The molecule has 6 rings (SSSR count). The summed E-state index contributed by atoms with van der Waals surface area (Å²) in [6.45, 7) is 5.47. The summed E-state index contributed by atoms with van der Waals surface area (Å²) < 4.78 is 7.67. The van der Waals surface area contributed by atoms with Crippen LogP contribution in [0, 0.1) is 0 Å². The van der Waals surface area contributed by atoms with Crippen LogP contribution in [0.1, 0.15) is 30.5 Å².